The van der Waals surface area contributed by atoms with Crippen LogP contribution >= 0.6 is 11.8 Å². The highest BCUT2D eigenvalue weighted by atomic mass is 32.2. The number of aryl methyl sites for hydroxylation is 2. The van der Waals surface area contributed by atoms with E-state index in [0.29, 0.717) is 22.4 Å². The lowest BCUT2D eigenvalue weighted by Crippen LogP contribution is -2.12. The van der Waals surface area contributed by atoms with Crippen molar-refractivity contribution in [2.75, 3.05) is 5.32 Å². The predicted octanol–water partition coefficient (Wildman–Crippen LogP) is 4.55. The van der Waals surface area contributed by atoms with Gasteiger partial charge in [0.2, 0.25) is 0 Å². The quantitative estimate of drug-likeness (QED) is 0.489. The van der Waals surface area contributed by atoms with Gasteiger partial charge in [-0.25, -0.2) is 9.97 Å². The zero-order chi connectivity index (χ0) is 20.2. The van der Waals surface area contributed by atoms with Crippen LogP contribution in [0.4, 0.5) is 5.69 Å². The van der Waals surface area contributed by atoms with Crippen molar-refractivity contribution in [1.82, 2.24) is 20.1 Å². The van der Waals surface area contributed by atoms with Crippen LogP contribution in [0.25, 0.3) is 11.5 Å². The fourth-order valence-corrected chi connectivity index (χ4v) is 3.47. The van der Waals surface area contributed by atoms with Gasteiger partial charge in [-0.05, 0) is 79.7 Å². The molecule has 0 fully saturated rings. The van der Waals surface area contributed by atoms with Crippen molar-refractivity contribution in [2.24, 2.45) is 0 Å². The third-order valence-corrected chi connectivity index (χ3v) is 5.00. The van der Waals surface area contributed by atoms with E-state index in [0.717, 1.165) is 21.7 Å². The Balaban J connectivity index is 1.45. The fourth-order valence-electron chi connectivity index (χ4n) is 2.66. The number of amides is 1. The highest BCUT2D eigenvalue weighted by Crippen LogP contribution is 2.28. The molecule has 0 unspecified atom stereocenters. The third kappa shape index (κ3) is 4.49. The Bertz CT molecular complexity index is 1140. The zero-order valence-corrected chi connectivity index (χ0v) is 16.6. The van der Waals surface area contributed by atoms with E-state index in [9.17, 15) is 4.79 Å². The first-order valence-corrected chi connectivity index (χ1v) is 9.68. The molecule has 0 aliphatic rings. The Morgan fingerprint density at radius 1 is 1.03 bits per heavy atom. The number of hydrogen-bond donors (Lipinski definition) is 1. The zero-order valence-electron chi connectivity index (χ0n) is 15.8. The normalized spacial score (nSPS) is 10.7. The maximum absolute atomic E-state index is 12.6. The van der Waals surface area contributed by atoms with Gasteiger partial charge in [0.15, 0.2) is 11.0 Å². The SMILES string of the molecule is Cc1noc(-c2ccc(C(=O)Nc3ccc(Sc4ncccn4)cc3C)cc2)n1. The molecular formula is C21H17N5O2S. The van der Waals surface area contributed by atoms with Crippen molar-refractivity contribution < 1.29 is 9.32 Å². The number of carbonyl (C=O) groups excluding carboxylic acids is 1. The van der Waals surface area contributed by atoms with Gasteiger partial charge in [0, 0.05) is 34.1 Å². The standard InChI is InChI=1S/C21H17N5O2S/c1-13-12-17(29-21-22-10-3-11-23-21)8-9-18(13)25-19(27)15-4-6-16(7-5-15)20-24-14(2)26-28-20/h3-12H,1-2H3,(H,25,27). The van der Waals surface area contributed by atoms with Gasteiger partial charge in [-0.1, -0.05) is 5.16 Å². The molecule has 144 valence electrons. The summed E-state index contributed by atoms with van der Waals surface area (Å²) < 4.78 is 5.14. The predicted molar refractivity (Wildman–Crippen MR) is 110 cm³/mol. The van der Waals surface area contributed by atoms with Crippen LogP contribution in [-0.4, -0.2) is 26.0 Å². The van der Waals surface area contributed by atoms with Crippen molar-refractivity contribution in [3.8, 4) is 11.5 Å². The summed E-state index contributed by atoms with van der Waals surface area (Å²) in [6.07, 6.45) is 3.42. The number of nitrogens with one attached hydrogen (secondary N) is 1. The van der Waals surface area contributed by atoms with Crippen LogP contribution in [0.3, 0.4) is 0 Å². The van der Waals surface area contributed by atoms with Crippen molar-refractivity contribution in [1.29, 1.82) is 0 Å². The van der Waals surface area contributed by atoms with E-state index in [2.05, 4.69) is 25.4 Å². The van der Waals surface area contributed by atoms with Gasteiger partial charge in [0.05, 0.1) is 0 Å². The van der Waals surface area contributed by atoms with Crippen LogP contribution in [0.15, 0.2) is 75.5 Å². The maximum atomic E-state index is 12.6. The van der Waals surface area contributed by atoms with E-state index in [1.807, 2.05) is 25.1 Å². The Kier molecular flexibility index (Phi) is 5.35. The molecule has 2 heterocycles. The second-order valence-corrected chi connectivity index (χ2v) is 7.33. The van der Waals surface area contributed by atoms with Crippen molar-refractivity contribution in [3.63, 3.8) is 0 Å². The van der Waals surface area contributed by atoms with E-state index >= 15 is 0 Å². The molecule has 0 saturated heterocycles. The summed E-state index contributed by atoms with van der Waals surface area (Å²) in [5.74, 6) is 0.812. The molecule has 4 rings (SSSR count). The summed E-state index contributed by atoms with van der Waals surface area (Å²) in [5, 5.41) is 7.41. The first-order valence-electron chi connectivity index (χ1n) is 8.86. The van der Waals surface area contributed by atoms with Gasteiger partial charge >= 0.3 is 0 Å². The largest absolute Gasteiger partial charge is 0.334 e. The van der Waals surface area contributed by atoms with Crippen molar-refractivity contribution >= 4 is 23.4 Å². The molecule has 1 amide bonds. The number of nitrogens with zero attached hydrogens (tertiary/aromatic N) is 4. The summed E-state index contributed by atoms with van der Waals surface area (Å²) >= 11 is 1.47. The molecule has 2 aromatic heterocycles. The Morgan fingerprint density at radius 3 is 2.45 bits per heavy atom. The van der Waals surface area contributed by atoms with Crippen LogP contribution in [-0.2, 0) is 0 Å². The summed E-state index contributed by atoms with van der Waals surface area (Å²) in [5.41, 5.74) is 3.02. The summed E-state index contributed by atoms with van der Waals surface area (Å²) in [6, 6.07) is 14.6. The molecule has 2 aromatic carbocycles. The molecule has 0 radical (unpaired) electrons. The smallest absolute Gasteiger partial charge is 0.257 e. The summed E-state index contributed by atoms with van der Waals surface area (Å²) in [4.78, 5) is 26.2. The minimum Gasteiger partial charge on any atom is -0.334 e. The summed E-state index contributed by atoms with van der Waals surface area (Å²) in [6.45, 7) is 3.71. The highest BCUT2D eigenvalue weighted by molar-refractivity contribution is 7.99. The molecule has 1 N–H and O–H groups in total. The number of hydrogen-bond acceptors (Lipinski definition) is 7. The molecule has 29 heavy (non-hydrogen) atoms. The average Bonchev–Trinajstić information content (AvgIpc) is 3.17. The number of carbonyl (C=O) groups is 1. The number of benzene rings is 2. The van der Waals surface area contributed by atoms with Crippen LogP contribution in [0.1, 0.15) is 21.7 Å². The second kappa shape index (κ2) is 8.24. The van der Waals surface area contributed by atoms with Gasteiger partial charge in [0.1, 0.15) is 0 Å². The summed E-state index contributed by atoms with van der Waals surface area (Å²) in [7, 11) is 0. The first kappa shape index (κ1) is 18.8. The van der Waals surface area contributed by atoms with Gasteiger partial charge in [-0.2, -0.15) is 4.98 Å². The van der Waals surface area contributed by atoms with Crippen molar-refractivity contribution in [2.45, 2.75) is 23.9 Å². The lowest BCUT2D eigenvalue weighted by molar-refractivity contribution is 0.102. The average molecular weight is 403 g/mol. The van der Waals surface area contributed by atoms with Crippen LogP contribution in [0, 0.1) is 13.8 Å². The number of aromatic nitrogens is 4. The molecule has 0 bridgehead atoms. The second-order valence-electron chi connectivity index (χ2n) is 6.29. The number of anilines is 1. The van der Waals surface area contributed by atoms with Crippen molar-refractivity contribution in [3.05, 3.63) is 77.9 Å². The Hall–Kier alpha value is -3.52. The molecule has 0 saturated carbocycles. The van der Waals surface area contributed by atoms with E-state index in [4.69, 9.17) is 4.52 Å². The topological polar surface area (TPSA) is 93.8 Å². The molecule has 4 aromatic rings. The monoisotopic (exact) mass is 403 g/mol. The lowest BCUT2D eigenvalue weighted by Gasteiger charge is -2.10. The first-order chi connectivity index (χ1) is 14.1. The molecule has 0 aliphatic carbocycles. The van der Waals surface area contributed by atoms with Gasteiger partial charge in [0.25, 0.3) is 11.8 Å². The molecule has 8 heteroatoms. The minimum absolute atomic E-state index is 0.187. The molecule has 7 nitrogen and oxygen atoms in total. The van der Waals surface area contributed by atoms with E-state index in [-0.39, 0.29) is 5.91 Å². The maximum Gasteiger partial charge on any atom is 0.257 e. The molecular weight excluding hydrogens is 386 g/mol. The van der Waals surface area contributed by atoms with E-state index in [1.165, 1.54) is 11.8 Å². The van der Waals surface area contributed by atoms with Crippen LogP contribution in [0.5, 0.6) is 0 Å². The minimum atomic E-state index is -0.187. The lowest BCUT2D eigenvalue weighted by atomic mass is 10.1. The fraction of sp³-hybridized carbons (Fsp3) is 0.0952. The van der Waals surface area contributed by atoms with Gasteiger partial charge in [-0.15, -0.1) is 0 Å². The molecule has 0 aliphatic heterocycles. The van der Waals surface area contributed by atoms with E-state index < -0.39 is 0 Å². The third-order valence-electron chi connectivity index (χ3n) is 4.12. The highest BCUT2D eigenvalue weighted by Gasteiger charge is 2.11. The van der Waals surface area contributed by atoms with Crippen LogP contribution < -0.4 is 5.32 Å². The Morgan fingerprint density at radius 2 is 1.79 bits per heavy atom. The van der Waals surface area contributed by atoms with Crippen LogP contribution in [0.2, 0.25) is 0 Å². The molecule has 0 spiro atoms. The van der Waals surface area contributed by atoms with E-state index in [1.54, 1.807) is 49.6 Å². The Labute approximate surface area is 171 Å². The number of rotatable bonds is 5. The van der Waals surface area contributed by atoms with Gasteiger partial charge < -0.3 is 9.84 Å². The van der Waals surface area contributed by atoms with Gasteiger partial charge in [-0.3, -0.25) is 4.79 Å². The molecule has 0 atom stereocenters.